The van der Waals surface area contributed by atoms with Gasteiger partial charge in [0, 0.05) is 19.6 Å². The zero-order valence-corrected chi connectivity index (χ0v) is 13.8. The maximum absolute atomic E-state index is 12.6. The summed E-state index contributed by atoms with van der Waals surface area (Å²) in [5, 5.41) is 3.32. The van der Waals surface area contributed by atoms with Crippen molar-refractivity contribution >= 4 is 10.0 Å². The lowest BCUT2D eigenvalue weighted by atomic mass is 10.1. The van der Waals surface area contributed by atoms with E-state index in [0.29, 0.717) is 24.5 Å². The molecule has 0 aromatic heterocycles. The molecule has 0 saturated carbocycles. The smallest absolute Gasteiger partial charge is 0.243 e. The van der Waals surface area contributed by atoms with Gasteiger partial charge in [0.25, 0.3) is 0 Å². The van der Waals surface area contributed by atoms with Gasteiger partial charge in [-0.05, 0) is 37.1 Å². The van der Waals surface area contributed by atoms with Crippen LogP contribution in [0.5, 0.6) is 0 Å². The van der Waals surface area contributed by atoms with Crippen molar-refractivity contribution < 1.29 is 8.42 Å². The molecule has 1 N–H and O–H groups in total. The second-order valence-electron chi connectivity index (χ2n) is 4.81. The van der Waals surface area contributed by atoms with Crippen LogP contribution in [0.3, 0.4) is 0 Å². The van der Waals surface area contributed by atoms with Crippen molar-refractivity contribution in [3.63, 3.8) is 0 Å². The van der Waals surface area contributed by atoms with E-state index in [1.165, 1.54) is 4.31 Å². The highest BCUT2D eigenvalue weighted by atomic mass is 32.2. The van der Waals surface area contributed by atoms with Gasteiger partial charge in [-0.1, -0.05) is 32.9 Å². The van der Waals surface area contributed by atoms with Crippen molar-refractivity contribution in [1.29, 1.82) is 0 Å². The molecule has 0 atom stereocenters. The van der Waals surface area contributed by atoms with Crippen LogP contribution in [0.4, 0.5) is 0 Å². The summed E-state index contributed by atoms with van der Waals surface area (Å²) in [6, 6.07) is 5.51. The van der Waals surface area contributed by atoms with E-state index in [4.69, 9.17) is 0 Å². The molecule has 0 spiro atoms. The van der Waals surface area contributed by atoms with Gasteiger partial charge >= 0.3 is 0 Å². The lowest BCUT2D eigenvalue weighted by Gasteiger charge is -2.21. The summed E-state index contributed by atoms with van der Waals surface area (Å²) in [6.07, 6.45) is 1.07. The molecular formula is C15H26N2O2S. The maximum Gasteiger partial charge on any atom is 0.243 e. The maximum atomic E-state index is 12.6. The second-order valence-corrected chi connectivity index (χ2v) is 6.71. The van der Waals surface area contributed by atoms with Crippen LogP contribution in [-0.2, 0) is 16.6 Å². The molecule has 0 unspecified atom stereocenters. The SMILES string of the molecule is CCCNCc1cccc(S(=O)(=O)N(CC)CC)c1C. The summed E-state index contributed by atoms with van der Waals surface area (Å²) in [5.74, 6) is 0. The fraction of sp³-hybridized carbons (Fsp3) is 0.600. The number of nitrogens with zero attached hydrogens (tertiary/aromatic N) is 1. The molecule has 5 heteroatoms. The monoisotopic (exact) mass is 298 g/mol. The Morgan fingerprint density at radius 1 is 1.15 bits per heavy atom. The Hall–Kier alpha value is -0.910. The first kappa shape index (κ1) is 17.1. The van der Waals surface area contributed by atoms with Crippen LogP contribution in [0, 0.1) is 6.92 Å². The topological polar surface area (TPSA) is 49.4 Å². The van der Waals surface area contributed by atoms with Gasteiger partial charge in [-0.3, -0.25) is 0 Å². The number of hydrogen-bond donors (Lipinski definition) is 1. The van der Waals surface area contributed by atoms with Crippen molar-refractivity contribution in [2.24, 2.45) is 0 Å². The van der Waals surface area contributed by atoms with Crippen LogP contribution >= 0.6 is 0 Å². The predicted molar refractivity (Wildman–Crippen MR) is 83.3 cm³/mol. The van der Waals surface area contributed by atoms with Gasteiger partial charge in [0.2, 0.25) is 10.0 Å². The Bertz CT molecular complexity index is 523. The Morgan fingerprint density at radius 2 is 1.80 bits per heavy atom. The van der Waals surface area contributed by atoms with Gasteiger partial charge in [-0.2, -0.15) is 4.31 Å². The number of rotatable bonds is 8. The zero-order valence-electron chi connectivity index (χ0n) is 12.9. The highest BCUT2D eigenvalue weighted by Crippen LogP contribution is 2.22. The Labute approximate surface area is 123 Å². The molecule has 1 aromatic rings. The van der Waals surface area contributed by atoms with Gasteiger partial charge in [0.15, 0.2) is 0 Å². The third-order valence-corrected chi connectivity index (χ3v) is 5.66. The molecule has 0 radical (unpaired) electrons. The van der Waals surface area contributed by atoms with E-state index in [9.17, 15) is 8.42 Å². The van der Waals surface area contributed by atoms with E-state index < -0.39 is 10.0 Å². The number of sulfonamides is 1. The average molecular weight is 298 g/mol. The van der Waals surface area contributed by atoms with E-state index in [1.807, 2.05) is 32.9 Å². The third-order valence-electron chi connectivity index (χ3n) is 3.46. The van der Waals surface area contributed by atoms with E-state index in [2.05, 4.69) is 12.2 Å². The minimum atomic E-state index is -3.38. The zero-order chi connectivity index (χ0) is 15.2. The largest absolute Gasteiger partial charge is 0.313 e. The Morgan fingerprint density at radius 3 is 2.35 bits per heavy atom. The van der Waals surface area contributed by atoms with E-state index in [1.54, 1.807) is 6.07 Å². The number of benzene rings is 1. The number of nitrogens with one attached hydrogen (secondary N) is 1. The summed E-state index contributed by atoms with van der Waals surface area (Å²) in [5.41, 5.74) is 1.90. The molecule has 0 bridgehead atoms. The van der Waals surface area contributed by atoms with Crippen molar-refractivity contribution in [2.45, 2.75) is 45.6 Å². The third kappa shape index (κ3) is 3.81. The standard InChI is InChI=1S/C15H26N2O2S/c1-5-11-16-12-14-9-8-10-15(13(14)4)20(18,19)17(6-2)7-3/h8-10,16H,5-7,11-12H2,1-4H3. The fourth-order valence-electron chi connectivity index (χ4n) is 2.23. The van der Waals surface area contributed by atoms with E-state index in [-0.39, 0.29) is 0 Å². The Balaban J connectivity index is 3.10. The van der Waals surface area contributed by atoms with Crippen LogP contribution in [0.25, 0.3) is 0 Å². The van der Waals surface area contributed by atoms with Gasteiger partial charge in [-0.25, -0.2) is 8.42 Å². The molecule has 0 fully saturated rings. The molecule has 0 saturated heterocycles. The molecule has 0 aliphatic carbocycles. The minimum absolute atomic E-state index is 0.428. The summed E-state index contributed by atoms with van der Waals surface area (Å²) in [4.78, 5) is 0.428. The first-order valence-corrected chi connectivity index (χ1v) is 8.72. The minimum Gasteiger partial charge on any atom is -0.313 e. The van der Waals surface area contributed by atoms with Gasteiger partial charge in [0.05, 0.1) is 4.90 Å². The molecule has 1 aromatic carbocycles. The van der Waals surface area contributed by atoms with Crippen molar-refractivity contribution in [1.82, 2.24) is 9.62 Å². The fourth-order valence-corrected chi connectivity index (χ4v) is 3.96. The lowest BCUT2D eigenvalue weighted by Crippen LogP contribution is -2.31. The highest BCUT2D eigenvalue weighted by Gasteiger charge is 2.24. The van der Waals surface area contributed by atoms with E-state index in [0.717, 1.165) is 24.1 Å². The molecule has 114 valence electrons. The molecule has 0 aliphatic heterocycles. The van der Waals surface area contributed by atoms with Gasteiger partial charge in [0.1, 0.15) is 0 Å². The van der Waals surface area contributed by atoms with Crippen LogP contribution in [0.2, 0.25) is 0 Å². The normalized spacial score (nSPS) is 12.1. The Kier molecular flexibility index (Phi) is 6.65. The molecule has 20 heavy (non-hydrogen) atoms. The molecule has 1 rings (SSSR count). The highest BCUT2D eigenvalue weighted by molar-refractivity contribution is 7.89. The predicted octanol–water partition coefficient (Wildman–Crippen LogP) is 2.53. The lowest BCUT2D eigenvalue weighted by molar-refractivity contribution is 0.444. The summed E-state index contributed by atoms with van der Waals surface area (Å²) in [7, 11) is -3.38. The molecule has 0 amide bonds. The van der Waals surface area contributed by atoms with Crippen LogP contribution in [0.15, 0.2) is 23.1 Å². The quantitative estimate of drug-likeness (QED) is 0.750. The van der Waals surface area contributed by atoms with Crippen molar-refractivity contribution in [3.8, 4) is 0 Å². The second kappa shape index (κ2) is 7.76. The summed E-state index contributed by atoms with van der Waals surface area (Å²) < 4.78 is 26.7. The van der Waals surface area contributed by atoms with Gasteiger partial charge in [-0.15, -0.1) is 0 Å². The molecule has 0 heterocycles. The summed E-state index contributed by atoms with van der Waals surface area (Å²) >= 11 is 0. The van der Waals surface area contributed by atoms with Crippen molar-refractivity contribution in [2.75, 3.05) is 19.6 Å². The molecular weight excluding hydrogens is 272 g/mol. The molecule has 4 nitrogen and oxygen atoms in total. The van der Waals surface area contributed by atoms with Crippen LogP contribution in [0.1, 0.15) is 38.3 Å². The van der Waals surface area contributed by atoms with Crippen molar-refractivity contribution in [3.05, 3.63) is 29.3 Å². The first-order chi connectivity index (χ1) is 9.48. The summed E-state index contributed by atoms with van der Waals surface area (Å²) in [6.45, 7) is 10.4. The van der Waals surface area contributed by atoms with E-state index >= 15 is 0 Å². The molecule has 0 aliphatic rings. The average Bonchev–Trinajstić information content (AvgIpc) is 2.41. The van der Waals surface area contributed by atoms with Crippen LogP contribution in [-0.4, -0.2) is 32.4 Å². The van der Waals surface area contributed by atoms with Crippen LogP contribution < -0.4 is 5.32 Å². The number of hydrogen-bond acceptors (Lipinski definition) is 3. The first-order valence-electron chi connectivity index (χ1n) is 7.28. The van der Waals surface area contributed by atoms with Gasteiger partial charge < -0.3 is 5.32 Å².